The van der Waals surface area contributed by atoms with E-state index in [1.807, 2.05) is 31.2 Å². The highest BCUT2D eigenvalue weighted by atomic mass is 32.1. The van der Waals surface area contributed by atoms with E-state index >= 15 is 0 Å². The normalized spacial score (nSPS) is 14.9. The van der Waals surface area contributed by atoms with Crippen LogP contribution in [0.3, 0.4) is 0 Å². The number of nitrogens with one attached hydrogen (secondary N) is 3. The van der Waals surface area contributed by atoms with Gasteiger partial charge in [-0.15, -0.1) is 6.58 Å². The van der Waals surface area contributed by atoms with Crippen molar-refractivity contribution in [1.29, 1.82) is 0 Å². The zero-order chi connectivity index (χ0) is 27.5. The molecule has 0 saturated heterocycles. The number of ether oxygens (including phenoxy) is 3. The van der Waals surface area contributed by atoms with Crippen molar-refractivity contribution in [2.45, 2.75) is 33.2 Å². The fraction of sp³-hybridized carbons (Fsp3) is 0.286. The molecule has 0 aliphatic carbocycles. The van der Waals surface area contributed by atoms with Crippen LogP contribution in [0.25, 0.3) is 0 Å². The number of benzene rings is 2. The van der Waals surface area contributed by atoms with Gasteiger partial charge in [0, 0.05) is 11.3 Å². The predicted molar refractivity (Wildman–Crippen MR) is 150 cm³/mol. The minimum atomic E-state index is -0.607. The summed E-state index contributed by atoms with van der Waals surface area (Å²) in [6.45, 7) is 9.72. The van der Waals surface area contributed by atoms with E-state index in [2.05, 4.69) is 27.7 Å². The van der Waals surface area contributed by atoms with Crippen LogP contribution in [0.15, 0.2) is 71.5 Å². The van der Waals surface area contributed by atoms with Gasteiger partial charge in [0.15, 0.2) is 11.7 Å². The van der Waals surface area contributed by atoms with Crippen molar-refractivity contribution >= 4 is 35.4 Å². The van der Waals surface area contributed by atoms with Crippen LogP contribution in [0.1, 0.15) is 43.5 Å². The Kier molecular flexibility index (Phi) is 10.4. The summed E-state index contributed by atoms with van der Waals surface area (Å²) in [5.74, 6) is 0.300. The van der Waals surface area contributed by atoms with Gasteiger partial charge in [0.1, 0.15) is 11.5 Å². The van der Waals surface area contributed by atoms with Gasteiger partial charge in [0.05, 0.1) is 31.0 Å². The first-order chi connectivity index (χ1) is 18.4. The second-order valence-corrected chi connectivity index (χ2v) is 8.61. The van der Waals surface area contributed by atoms with Crippen LogP contribution >= 0.6 is 12.2 Å². The molecule has 0 saturated carbocycles. The van der Waals surface area contributed by atoms with E-state index in [1.165, 1.54) is 0 Å². The Morgan fingerprint density at radius 2 is 1.92 bits per heavy atom. The topological polar surface area (TPSA) is 110 Å². The van der Waals surface area contributed by atoms with Crippen molar-refractivity contribution in [2.75, 3.05) is 19.8 Å². The van der Waals surface area contributed by atoms with E-state index in [9.17, 15) is 9.59 Å². The van der Waals surface area contributed by atoms with Crippen molar-refractivity contribution in [3.05, 3.63) is 83.1 Å². The molecule has 0 unspecified atom stereocenters. The third-order valence-corrected chi connectivity index (χ3v) is 5.72. The molecule has 0 radical (unpaired) electrons. The lowest BCUT2D eigenvalue weighted by atomic mass is 9.95. The molecule has 9 nitrogen and oxygen atoms in total. The van der Waals surface area contributed by atoms with Crippen LogP contribution in [0.5, 0.6) is 11.5 Å². The second kappa shape index (κ2) is 13.9. The number of carbonyl (C=O) groups excluding carboxylic acids is 2. The molecule has 1 heterocycles. The smallest absolute Gasteiger partial charge is 0.338 e. The largest absolute Gasteiger partial charge is 0.494 e. The molecular formula is C28H32N4O5S. The van der Waals surface area contributed by atoms with E-state index in [0.29, 0.717) is 40.7 Å². The lowest BCUT2D eigenvalue weighted by molar-refractivity contribution is -0.139. The van der Waals surface area contributed by atoms with E-state index in [-0.39, 0.29) is 13.2 Å². The highest BCUT2D eigenvalue weighted by Gasteiger charge is 2.32. The fourth-order valence-corrected chi connectivity index (χ4v) is 4.17. The zero-order valence-corrected chi connectivity index (χ0v) is 22.5. The van der Waals surface area contributed by atoms with Crippen molar-refractivity contribution in [2.24, 2.45) is 5.10 Å². The number of rotatable bonds is 12. The molecular weight excluding hydrogens is 504 g/mol. The van der Waals surface area contributed by atoms with Gasteiger partial charge < -0.3 is 24.8 Å². The Morgan fingerprint density at radius 3 is 2.66 bits per heavy atom. The summed E-state index contributed by atoms with van der Waals surface area (Å²) in [4.78, 5) is 25.1. The SMILES string of the molecule is C=CCc1cc(C=NNC(=O)COc2ccccc2[C@@H]2NC(=S)NC(C)=C2C(=O)OCC)ccc1OCC. The molecule has 3 rings (SSSR count). The Bertz CT molecular complexity index is 1260. The minimum Gasteiger partial charge on any atom is -0.494 e. The lowest BCUT2D eigenvalue weighted by Crippen LogP contribution is -2.45. The van der Waals surface area contributed by atoms with Gasteiger partial charge in [-0.25, -0.2) is 10.2 Å². The summed E-state index contributed by atoms with van der Waals surface area (Å²) < 4.78 is 16.7. The first kappa shape index (κ1) is 28.4. The van der Waals surface area contributed by atoms with Gasteiger partial charge in [0.25, 0.3) is 5.91 Å². The minimum absolute atomic E-state index is 0.234. The molecule has 1 aliphatic heterocycles. The Balaban J connectivity index is 1.68. The highest BCUT2D eigenvalue weighted by Crippen LogP contribution is 2.33. The maximum absolute atomic E-state index is 12.7. The molecule has 3 N–H and O–H groups in total. The van der Waals surface area contributed by atoms with E-state index < -0.39 is 17.9 Å². The number of nitrogens with zero attached hydrogens (tertiary/aromatic N) is 1. The molecule has 2 aromatic carbocycles. The van der Waals surface area contributed by atoms with Gasteiger partial charge in [0.2, 0.25) is 0 Å². The Labute approximate surface area is 227 Å². The molecule has 10 heteroatoms. The molecule has 200 valence electrons. The van der Waals surface area contributed by atoms with Crippen LogP contribution in [0, 0.1) is 0 Å². The van der Waals surface area contributed by atoms with Crippen LogP contribution in [-0.4, -0.2) is 43.0 Å². The summed E-state index contributed by atoms with van der Waals surface area (Å²) in [7, 11) is 0. The summed E-state index contributed by atoms with van der Waals surface area (Å²) >= 11 is 5.30. The molecule has 38 heavy (non-hydrogen) atoms. The third-order valence-electron chi connectivity index (χ3n) is 5.50. The first-order valence-electron chi connectivity index (χ1n) is 12.2. The second-order valence-electron chi connectivity index (χ2n) is 8.20. The van der Waals surface area contributed by atoms with Crippen molar-refractivity contribution in [1.82, 2.24) is 16.1 Å². The molecule has 0 bridgehead atoms. The van der Waals surface area contributed by atoms with Crippen molar-refractivity contribution in [3.63, 3.8) is 0 Å². The average Bonchev–Trinajstić information content (AvgIpc) is 2.89. The standard InChI is InChI=1S/C28H32N4O5S/c1-5-10-20-15-19(13-14-22(20)35-6-2)16-29-32-24(33)17-37-23-12-9-8-11-21(23)26-25(27(34)36-7-3)18(4)30-28(38)31-26/h5,8-9,11-16,26H,1,6-7,10,17H2,2-4H3,(H,32,33)(H2,30,31,38)/t26-/m0/s1. The number of hydrogen-bond acceptors (Lipinski definition) is 7. The van der Waals surface area contributed by atoms with Gasteiger partial charge in [-0.1, -0.05) is 24.3 Å². The number of esters is 1. The molecule has 1 aliphatic rings. The van der Waals surface area contributed by atoms with Crippen LogP contribution in [0.4, 0.5) is 0 Å². The van der Waals surface area contributed by atoms with Crippen LogP contribution in [0.2, 0.25) is 0 Å². The van der Waals surface area contributed by atoms with Crippen LogP contribution in [-0.2, 0) is 20.7 Å². The Morgan fingerprint density at radius 1 is 1.13 bits per heavy atom. The zero-order valence-electron chi connectivity index (χ0n) is 21.7. The van der Waals surface area contributed by atoms with Crippen molar-refractivity contribution in [3.8, 4) is 11.5 Å². The number of amides is 1. The molecule has 1 amide bonds. The fourth-order valence-electron chi connectivity index (χ4n) is 3.90. The number of hydrazone groups is 1. The van der Waals surface area contributed by atoms with E-state index in [0.717, 1.165) is 16.9 Å². The number of allylic oxidation sites excluding steroid dienone is 2. The van der Waals surface area contributed by atoms with Crippen molar-refractivity contribution < 1.29 is 23.8 Å². The summed E-state index contributed by atoms with van der Waals surface area (Å²) in [6, 6.07) is 12.2. The lowest BCUT2D eigenvalue weighted by Gasteiger charge is -2.30. The monoisotopic (exact) mass is 536 g/mol. The number of hydrogen-bond donors (Lipinski definition) is 3. The van der Waals surface area contributed by atoms with Gasteiger partial charge in [-0.05, 0) is 74.8 Å². The molecule has 0 fully saturated rings. The summed E-state index contributed by atoms with van der Waals surface area (Å²) in [5.41, 5.74) is 5.87. The molecule has 0 aromatic heterocycles. The summed E-state index contributed by atoms with van der Waals surface area (Å²) in [6.07, 6.45) is 4.00. The van der Waals surface area contributed by atoms with E-state index in [4.69, 9.17) is 26.4 Å². The molecule has 0 spiro atoms. The van der Waals surface area contributed by atoms with Gasteiger partial charge in [-0.2, -0.15) is 5.10 Å². The van der Waals surface area contributed by atoms with Crippen LogP contribution < -0.4 is 25.5 Å². The summed E-state index contributed by atoms with van der Waals surface area (Å²) in [5, 5.41) is 10.5. The number of para-hydroxylation sites is 1. The third kappa shape index (κ3) is 7.42. The highest BCUT2D eigenvalue weighted by molar-refractivity contribution is 7.80. The maximum Gasteiger partial charge on any atom is 0.338 e. The molecule has 1 atom stereocenters. The maximum atomic E-state index is 12.7. The average molecular weight is 537 g/mol. The predicted octanol–water partition coefficient (Wildman–Crippen LogP) is 3.70. The van der Waals surface area contributed by atoms with E-state index in [1.54, 1.807) is 44.3 Å². The Hall–Kier alpha value is -4.18. The van der Waals surface area contributed by atoms with Gasteiger partial charge in [-0.3, -0.25) is 4.79 Å². The number of thiocarbonyl (C=S) groups is 1. The first-order valence-corrected chi connectivity index (χ1v) is 12.6. The quantitative estimate of drug-likeness (QED) is 0.124. The number of carbonyl (C=O) groups is 2. The van der Waals surface area contributed by atoms with Gasteiger partial charge >= 0.3 is 5.97 Å². The molecule has 2 aromatic rings.